The number of thiazole rings is 1. The molecule has 4 aromatic rings. The van der Waals surface area contributed by atoms with Crippen molar-refractivity contribution in [1.82, 2.24) is 4.98 Å². The van der Waals surface area contributed by atoms with Gasteiger partial charge in [-0.15, -0.1) is 11.3 Å². The van der Waals surface area contributed by atoms with Crippen LogP contribution in [0.15, 0.2) is 46.7 Å². The maximum Gasteiger partial charge on any atom is 0.330 e. The van der Waals surface area contributed by atoms with Crippen LogP contribution in [0.2, 0.25) is 0 Å². The SMILES string of the molecule is Cc1nc(N2CCCN(c3ccc(-c4cc(F)cc5cc(C(C)(C)F)sc45)cc3)C2=O)sc1S(N)(=O)=O. The van der Waals surface area contributed by atoms with E-state index in [1.54, 1.807) is 30.0 Å². The van der Waals surface area contributed by atoms with E-state index in [4.69, 9.17) is 5.14 Å². The fourth-order valence-electron chi connectivity index (χ4n) is 4.33. The van der Waals surface area contributed by atoms with Gasteiger partial charge in [0, 0.05) is 33.9 Å². The summed E-state index contributed by atoms with van der Waals surface area (Å²) in [5.74, 6) is -0.410. The van der Waals surface area contributed by atoms with Crippen LogP contribution in [0.1, 0.15) is 30.8 Å². The first-order valence-corrected chi connectivity index (χ1v) is 14.6. The molecule has 0 radical (unpaired) electrons. The normalized spacial score (nSPS) is 15.1. The van der Waals surface area contributed by atoms with Crippen molar-refractivity contribution in [3.05, 3.63) is 58.9 Å². The summed E-state index contributed by atoms with van der Waals surface area (Å²) in [5, 5.41) is 6.19. The molecule has 1 fully saturated rings. The van der Waals surface area contributed by atoms with Crippen LogP contribution < -0.4 is 14.9 Å². The molecule has 0 spiro atoms. The lowest BCUT2D eigenvalue weighted by atomic mass is 10.0. The van der Waals surface area contributed by atoms with Gasteiger partial charge in [0.1, 0.15) is 11.5 Å². The Morgan fingerprint density at radius 1 is 1.05 bits per heavy atom. The molecular weight excluding hydrogens is 538 g/mol. The summed E-state index contributed by atoms with van der Waals surface area (Å²) in [6.45, 7) is 5.37. The zero-order valence-corrected chi connectivity index (χ0v) is 22.7. The summed E-state index contributed by atoms with van der Waals surface area (Å²) < 4.78 is 53.3. The summed E-state index contributed by atoms with van der Waals surface area (Å²) >= 11 is 2.17. The van der Waals surface area contributed by atoms with Crippen LogP contribution in [0, 0.1) is 12.7 Å². The second-order valence-electron chi connectivity index (χ2n) is 9.36. The number of alkyl halides is 1. The first kappa shape index (κ1) is 25.7. The molecule has 1 aliphatic rings. The molecule has 7 nitrogen and oxygen atoms in total. The van der Waals surface area contributed by atoms with E-state index < -0.39 is 21.5 Å². The third-order valence-electron chi connectivity index (χ3n) is 6.11. The number of urea groups is 1. The molecule has 0 atom stereocenters. The number of nitrogens with zero attached hydrogens (tertiary/aromatic N) is 3. The molecule has 5 rings (SSSR count). The van der Waals surface area contributed by atoms with Gasteiger partial charge in [-0.3, -0.25) is 9.80 Å². The predicted octanol–water partition coefficient (Wildman–Crippen LogP) is 6.16. The van der Waals surface area contributed by atoms with Crippen LogP contribution in [0.25, 0.3) is 21.2 Å². The number of benzene rings is 2. The van der Waals surface area contributed by atoms with Gasteiger partial charge in [0.2, 0.25) is 10.0 Å². The highest BCUT2D eigenvalue weighted by atomic mass is 32.2. The lowest BCUT2D eigenvalue weighted by Gasteiger charge is -2.34. The number of amides is 2. The van der Waals surface area contributed by atoms with Crippen molar-refractivity contribution in [3.8, 4) is 11.1 Å². The number of sulfonamides is 1. The van der Waals surface area contributed by atoms with Crippen molar-refractivity contribution in [2.24, 2.45) is 5.14 Å². The van der Waals surface area contributed by atoms with Gasteiger partial charge in [-0.05, 0) is 68.5 Å². The molecule has 1 saturated heterocycles. The Balaban J connectivity index is 1.45. The average Bonchev–Trinajstić information content (AvgIpc) is 3.42. The molecule has 2 aromatic carbocycles. The Hall–Kier alpha value is -2.93. The van der Waals surface area contributed by atoms with Gasteiger partial charge in [0.25, 0.3) is 0 Å². The minimum Gasteiger partial charge on any atom is -0.294 e. The van der Waals surface area contributed by atoms with Crippen molar-refractivity contribution >= 4 is 59.6 Å². The molecule has 37 heavy (non-hydrogen) atoms. The average molecular weight is 563 g/mol. The van der Waals surface area contributed by atoms with Crippen molar-refractivity contribution in [1.29, 1.82) is 0 Å². The van der Waals surface area contributed by atoms with Gasteiger partial charge in [-0.25, -0.2) is 32.1 Å². The second kappa shape index (κ2) is 9.12. The van der Waals surface area contributed by atoms with Crippen LogP contribution in [-0.2, 0) is 15.7 Å². The van der Waals surface area contributed by atoms with E-state index in [-0.39, 0.29) is 21.1 Å². The number of anilines is 2. The number of primary sulfonamides is 1. The van der Waals surface area contributed by atoms with Gasteiger partial charge in [-0.2, -0.15) is 0 Å². The molecule has 194 valence electrons. The minimum absolute atomic E-state index is 0.0638. The highest BCUT2D eigenvalue weighted by Gasteiger charge is 2.31. The minimum atomic E-state index is -3.93. The van der Waals surface area contributed by atoms with E-state index in [0.717, 1.165) is 21.6 Å². The molecule has 1 aliphatic heterocycles. The van der Waals surface area contributed by atoms with E-state index in [2.05, 4.69) is 4.98 Å². The molecule has 2 N–H and O–H groups in total. The lowest BCUT2D eigenvalue weighted by Crippen LogP contribution is -2.49. The predicted molar refractivity (Wildman–Crippen MR) is 144 cm³/mol. The second-order valence-corrected chi connectivity index (χ2v) is 13.1. The van der Waals surface area contributed by atoms with Crippen molar-refractivity contribution in [3.63, 3.8) is 0 Å². The Labute approximate surface area is 221 Å². The number of aromatic nitrogens is 1. The van der Waals surface area contributed by atoms with E-state index in [1.807, 2.05) is 12.1 Å². The van der Waals surface area contributed by atoms with Gasteiger partial charge in [0.05, 0.1) is 5.69 Å². The fourth-order valence-corrected chi connectivity index (χ4v) is 7.47. The van der Waals surface area contributed by atoms with Gasteiger partial charge in [-0.1, -0.05) is 23.5 Å². The maximum absolute atomic E-state index is 14.6. The fraction of sp³-hybridized carbons (Fsp3) is 0.280. The molecule has 0 bridgehead atoms. The third-order valence-corrected chi connectivity index (χ3v) is 10.3. The molecule has 0 unspecified atom stereocenters. The van der Waals surface area contributed by atoms with Gasteiger partial charge < -0.3 is 0 Å². The lowest BCUT2D eigenvalue weighted by molar-refractivity contribution is 0.227. The standard InChI is InChI=1S/C25H24F2N4O3S3/c1-14-22(37(28,33)34)36-23(29-14)31-10-4-9-30(24(31)32)18-7-5-15(6-8-18)19-13-17(26)11-16-12-20(25(2,3)27)35-21(16)19/h5-8,11-13H,4,9-10H2,1-3H3,(H2,28,33,34). The molecule has 3 heterocycles. The summed E-state index contributed by atoms with van der Waals surface area (Å²) in [7, 11) is -3.93. The number of thiophene rings is 1. The number of hydrogen-bond donors (Lipinski definition) is 1. The zero-order valence-electron chi connectivity index (χ0n) is 20.3. The van der Waals surface area contributed by atoms with Crippen LogP contribution in [0.3, 0.4) is 0 Å². The molecule has 0 saturated carbocycles. The number of fused-ring (bicyclic) bond motifs is 1. The highest BCUT2D eigenvalue weighted by molar-refractivity contribution is 7.91. The molecular formula is C25H24F2N4O3S3. The van der Waals surface area contributed by atoms with Crippen molar-refractivity contribution in [2.45, 2.75) is 37.1 Å². The zero-order chi connectivity index (χ0) is 26.7. The molecule has 2 aromatic heterocycles. The number of carbonyl (C=O) groups excluding carboxylic acids is 1. The Morgan fingerprint density at radius 2 is 1.73 bits per heavy atom. The van der Waals surface area contributed by atoms with E-state index in [1.165, 1.54) is 42.2 Å². The molecule has 0 aliphatic carbocycles. The van der Waals surface area contributed by atoms with E-state index in [0.29, 0.717) is 41.0 Å². The number of hydrogen-bond acceptors (Lipinski definition) is 6. The largest absolute Gasteiger partial charge is 0.330 e. The summed E-state index contributed by atoms with van der Waals surface area (Å²) in [6.07, 6.45) is 0.651. The molecule has 2 amide bonds. The monoisotopic (exact) mass is 562 g/mol. The first-order chi connectivity index (χ1) is 17.3. The van der Waals surface area contributed by atoms with Crippen molar-refractivity contribution in [2.75, 3.05) is 22.9 Å². The molecule has 12 heteroatoms. The van der Waals surface area contributed by atoms with Gasteiger partial charge in [0.15, 0.2) is 9.34 Å². The van der Waals surface area contributed by atoms with Crippen LogP contribution in [0.5, 0.6) is 0 Å². The summed E-state index contributed by atoms with van der Waals surface area (Å²) in [4.78, 5) is 21.2. The Bertz CT molecular complexity index is 1620. The number of rotatable bonds is 5. The van der Waals surface area contributed by atoms with E-state index in [9.17, 15) is 22.0 Å². The maximum atomic E-state index is 14.6. The van der Waals surface area contributed by atoms with Gasteiger partial charge >= 0.3 is 6.03 Å². The third kappa shape index (κ3) is 4.86. The van der Waals surface area contributed by atoms with E-state index >= 15 is 0 Å². The summed E-state index contributed by atoms with van der Waals surface area (Å²) in [5.41, 5.74) is 0.761. The Morgan fingerprint density at radius 3 is 2.35 bits per heavy atom. The van der Waals surface area contributed by atoms with Crippen molar-refractivity contribution < 1.29 is 22.0 Å². The summed E-state index contributed by atoms with van der Waals surface area (Å²) in [6, 6.07) is 11.4. The topological polar surface area (TPSA) is 96.6 Å². The highest BCUT2D eigenvalue weighted by Crippen LogP contribution is 2.41. The number of nitrogens with two attached hydrogens (primary N) is 1. The number of carbonyl (C=O) groups is 1. The van der Waals surface area contributed by atoms with Crippen LogP contribution in [-0.4, -0.2) is 32.5 Å². The van der Waals surface area contributed by atoms with Crippen LogP contribution >= 0.6 is 22.7 Å². The first-order valence-electron chi connectivity index (χ1n) is 11.4. The number of halogens is 2. The quantitative estimate of drug-likeness (QED) is 0.315. The smallest absolute Gasteiger partial charge is 0.294 e. The Kier molecular flexibility index (Phi) is 6.34. The number of aryl methyl sites for hydroxylation is 1. The van der Waals surface area contributed by atoms with Crippen LogP contribution in [0.4, 0.5) is 24.4 Å².